The fourth-order valence-electron chi connectivity index (χ4n) is 0. The van der Waals surface area contributed by atoms with E-state index >= 15 is 0 Å². The maximum atomic E-state index is 4.60. The standard InChI is InChI=1S/C4H6.C3H4.7C2H6.I2.2H2/c1-3-4-2;1-3-2;8*1-2;;/h1-2H3;1H,2H3;7*1-2H3;;2*1H/i;;;;;;;;;;2*1+1. The van der Waals surface area contributed by atoms with Crippen molar-refractivity contribution < 1.29 is 2.85 Å². The number of halogens is 2. The van der Waals surface area contributed by atoms with Gasteiger partial charge in [-0.3, -0.25) is 0 Å². The van der Waals surface area contributed by atoms with Crippen molar-refractivity contribution in [2.24, 2.45) is 0 Å². The monoisotopic (exact) mass is 564 g/mol. The zero-order valence-electron chi connectivity index (χ0n) is 19.8. The quantitative estimate of drug-likeness (QED) is 0.203. The summed E-state index contributed by atoms with van der Waals surface area (Å²) in [4.78, 5) is 0. The summed E-state index contributed by atoms with van der Waals surface area (Å²) in [5, 5.41) is 0. The van der Waals surface area contributed by atoms with Gasteiger partial charge < -0.3 is 0 Å². The molecule has 23 heavy (non-hydrogen) atoms. The second kappa shape index (κ2) is 820. The lowest BCUT2D eigenvalue weighted by atomic mass is 10.7. The molecule has 154 valence electrons. The van der Waals surface area contributed by atoms with Gasteiger partial charge in [0.15, 0.2) is 0 Å². The van der Waals surface area contributed by atoms with E-state index in [0.717, 1.165) is 0 Å². The van der Waals surface area contributed by atoms with Crippen LogP contribution in [0.1, 0.15) is 121 Å². The van der Waals surface area contributed by atoms with Crippen molar-refractivity contribution in [3.8, 4) is 24.2 Å². The van der Waals surface area contributed by atoms with Gasteiger partial charge in [-0.15, -0.1) is 24.2 Å². The third-order valence-corrected chi connectivity index (χ3v) is 0.250. The second-order valence-corrected chi connectivity index (χ2v) is 0.789. The molecule has 0 aromatic rings. The molecular weight excluding hydrogens is 506 g/mol. The number of terminal acetylenes is 1. The van der Waals surface area contributed by atoms with Gasteiger partial charge in [-0.05, 0) is 20.8 Å². The third kappa shape index (κ3) is 3830. The van der Waals surface area contributed by atoms with E-state index in [1.54, 1.807) is 6.92 Å². The van der Waals surface area contributed by atoms with Crippen LogP contribution in [0.3, 0.4) is 0 Å². The van der Waals surface area contributed by atoms with Crippen molar-refractivity contribution in [3.63, 3.8) is 0 Å². The van der Waals surface area contributed by atoms with Gasteiger partial charge >= 0.3 is 0 Å². The summed E-state index contributed by atoms with van der Waals surface area (Å²) in [6.45, 7) is 33.3. The molecule has 0 heterocycles. The first-order valence-electron chi connectivity index (χ1n) is 9.18. The van der Waals surface area contributed by atoms with Gasteiger partial charge in [0.2, 0.25) is 0 Å². The Balaban J connectivity index is -0.00000000756. The van der Waals surface area contributed by atoms with Crippen LogP contribution in [0.5, 0.6) is 0 Å². The van der Waals surface area contributed by atoms with Gasteiger partial charge in [-0.25, -0.2) is 0 Å². The minimum Gasteiger partial charge on any atom is -0.120 e. The molecule has 0 atom stereocenters. The van der Waals surface area contributed by atoms with E-state index in [-0.39, 0.29) is 2.85 Å². The molecule has 0 saturated carbocycles. The van der Waals surface area contributed by atoms with Crippen LogP contribution in [0.25, 0.3) is 0 Å². The largest absolute Gasteiger partial charge is 0.120 e. The molecule has 0 fully saturated rings. The lowest BCUT2D eigenvalue weighted by molar-refractivity contribution is 1.50. The molecule has 2 heteroatoms. The van der Waals surface area contributed by atoms with Gasteiger partial charge in [0.25, 0.3) is 0 Å². The number of hydrogen-bond donors (Lipinski definition) is 0. The predicted octanol–water partition coefficient (Wildman–Crippen LogP) is 11.1. The highest BCUT2D eigenvalue weighted by molar-refractivity contribution is 15.0. The normalized spacial score (nSPS) is 3.04. The molecule has 0 aliphatic heterocycles. The molecule has 0 amide bonds. The molecule has 0 unspecified atom stereocenters. The molecule has 0 rings (SSSR count). The Hall–Kier alpha value is 0.580. The summed E-state index contributed by atoms with van der Waals surface area (Å²) in [6, 6.07) is 0. The predicted molar refractivity (Wildman–Crippen MR) is 145 cm³/mol. The van der Waals surface area contributed by atoms with Crippen LogP contribution in [0, 0.1) is 24.2 Å². The van der Waals surface area contributed by atoms with Crippen molar-refractivity contribution >= 4 is 37.2 Å². The van der Waals surface area contributed by atoms with E-state index in [9.17, 15) is 0 Å². The molecular formula is C21H56I2. The zero-order chi connectivity index (χ0) is 22.1. The maximum Gasteiger partial charge on any atom is 0 e. The van der Waals surface area contributed by atoms with Crippen LogP contribution in [-0.2, 0) is 0 Å². The van der Waals surface area contributed by atoms with E-state index in [4.69, 9.17) is 0 Å². The minimum absolute atomic E-state index is 0. The van der Waals surface area contributed by atoms with Crippen LogP contribution in [0.2, 0.25) is 0 Å². The Morgan fingerprint density at radius 1 is 0.478 bits per heavy atom. The topological polar surface area (TPSA) is 0 Å². The first-order valence-corrected chi connectivity index (χ1v) is 15.5. The Labute approximate surface area is 181 Å². The number of rotatable bonds is 0. The Kier molecular flexibility index (Phi) is 2330. The van der Waals surface area contributed by atoms with Crippen LogP contribution in [0.15, 0.2) is 0 Å². The van der Waals surface area contributed by atoms with Crippen LogP contribution in [0.4, 0.5) is 0 Å². The van der Waals surface area contributed by atoms with Gasteiger partial charge in [0.05, 0.1) is 0 Å². The molecule has 0 aliphatic rings. The molecule has 0 saturated heterocycles. The second-order valence-electron chi connectivity index (χ2n) is 0.789. The summed E-state index contributed by atoms with van der Waals surface area (Å²) in [6.07, 6.45) is 4.60. The van der Waals surface area contributed by atoms with E-state index < -0.39 is 0 Å². The Morgan fingerprint density at radius 2 is 0.522 bits per heavy atom. The summed E-state index contributed by atoms with van der Waals surface area (Å²) < 4.78 is 0. The average Bonchev–Trinajstić information content (AvgIpc) is 2.74. The fraction of sp³-hybridized carbons (Fsp3) is 0.810. The van der Waals surface area contributed by atoms with Crippen LogP contribution >= 0.6 is 37.2 Å². The summed E-state index contributed by atoms with van der Waals surface area (Å²) in [7, 11) is 0. The van der Waals surface area contributed by atoms with Gasteiger partial charge in [-0.2, -0.15) is 0 Å². The summed E-state index contributed by atoms with van der Waals surface area (Å²) in [5.74, 6) is 7.61. The minimum atomic E-state index is 0. The van der Waals surface area contributed by atoms with E-state index in [1.165, 1.54) is 0 Å². The molecule has 0 spiro atoms. The van der Waals surface area contributed by atoms with Gasteiger partial charge in [0, 0.05) is 40.1 Å². The molecule has 0 aliphatic carbocycles. The zero-order valence-corrected chi connectivity index (χ0v) is 24.1. The van der Waals surface area contributed by atoms with Crippen molar-refractivity contribution in [3.05, 3.63) is 0 Å². The molecule has 0 nitrogen and oxygen atoms in total. The maximum absolute atomic E-state index is 4.60. The fourth-order valence-corrected chi connectivity index (χ4v) is 0. The Bertz CT molecular complexity index is 107. The lowest BCUT2D eigenvalue weighted by Crippen LogP contribution is -1.28. The number of hydrogen-bond acceptors (Lipinski definition) is 0. The average molecular weight is 564 g/mol. The van der Waals surface area contributed by atoms with Gasteiger partial charge in [0.1, 0.15) is 0 Å². The molecule has 0 aromatic heterocycles. The molecule has 0 radical (unpaired) electrons. The SMILES string of the molecule is C#CC.CC.CC.CC.CC.CC.CC.CC.CC#CC.II.[2HH].[2HH]. The molecule has 0 bridgehead atoms. The van der Waals surface area contributed by atoms with Crippen molar-refractivity contribution in [1.29, 1.82) is 0 Å². The highest BCUT2D eigenvalue weighted by Gasteiger charge is 1.26. The first-order chi connectivity index (χ1) is 11.3. The van der Waals surface area contributed by atoms with E-state index in [2.05, 4.69) is 61.4 Å². The highest BCUT2D eigenvalue weighted by Crippen LogP contribution is 1.89. The smallest absolute Gasteiger partial charge is 0 e. The third-order valence-electron chi connectivity index (χ3n) is 0.250. The van der Waals surface area contributed by atoms with Crippen molar-refractivity contribution in [2.75, 3.05) is 0 Å². The van der Waals surface area contributed by atoms with E-state index in [0.29, 0.717) is 0 Å². The first kappa shape index (κ1) is 65.2. The van der Waals surface area contributed by atoms with Crippen molar-refractivity contribution in [2.45, 2.75) is 118 Å². The lowest BCUT2D eigenvalue weighted by Gasteiger charge is -1.40. The highest BCUT2D eigenvalue weighted by atomic mass is 128. The summed E-state index contributed by atoms with van der Waals surface area (Å²) in [5.41, 5.74) is 0. The van der Waals surface area contributed by atoms with Crippen LogP contribution < -0.4 is 0 Å². The van der Waals surface area contributed by atoms with Crippen LogP contribution in [-0.4, -0.2) is 0 Å². The van der Waals surface area contributed by atoms with Crippen molar-refractivity contribution in [1.82, 2.24) is 0 Å². The van der Waals surface area contributed by atoms with Gasteiger partial charge in [-0.1, -0.05) is 96.9 Å². The Morgan fingerprint density at radius 3 is 0.522 bits per heavy atom. The van der Waals surface area contributed by atoms with E-state index in [1.807, 2.05) is 111 Å². The molecule has 0 N–H and O–H groups in total. The molecule has 0 aromatic carbocycles. The summed E-state index contributed by atoms with van der Waals surface area (Å²) >= 11 is 4.24.